The third kappa shape index (κ3) is 3.90. The van der Waals surface area contributed by atoms with Crippen LogP contribution in [0.15, 0.2) is 24.3 Å². The second-order valence-corrected chi connectivity index (χ2v) is 5.79. The Labute approximate surface area is 139 Å². The summed E-state index contributed by atoms with van der Waals surface area (Å²) in [7, 11) is 1.48. The van der Waals surface area contributed by atoms with Crippen molar-refractivity contribution in [2.24, 2.45) is 0 Å². The van der Waals surface area contributed by atoms with E-state index in [1.165, 1.54) is 11.9 Å². The van der Waals surface area contributed by atoms with Crippen molar-refractivity contribution in [1.29, 1.82) is 0 Å². The molecular formula is C16H18ClN3O3. The molecule has 1 aromatic carbocycles. The van der Waals surface area contributed by atoms with E-state index in [4.69, 9.17) is 16.7 Å². The average molecular weight is 336 g/mol. The first-order valence-electron chi connectivity index (χ1n) is 7.06. The molecule has 0 aliphatic rings. The normalized spacial score (nSPS) is 10.6. The summed E-state index contributed by atoms with van der Waals surface area (Å²) in [5.74, 6) is -1.29. The Morgan fingerprint density at radius 3 is 2.43 bits per heavy atom. The van der Waals surface area contributed by atoms with E-state index in [0.717, 1.165) is 22.6 Å². The van der Waals surface area contributed by atoms with Gasteiger partial charge in [-0.05, 0) is 38.1 Å². The van der Waals surface area contributed by atoms with Crippen LogP contribution in [0.25, 0.3) is 5.69 Å². The number of likely N-dealkylation sites (N-methyl/N-ethyl adjacent to an activating group) is 1. The zero-order valence-electron chi connectivity index (χ0n) is 13.2. The Morgan fingerprint density at radius 1 is 1.26 bits per heavy atom. The monoisotopic (exact) mass is 335 g/mol. The lowest BCUT2D eigenvalue weighted by atomic mass is 10.1. The van der Waals surface area contributed by atoms with Gasteiger partial charge in [0.05, 0.1) is 17.8 Å². The van der Waals surface area contributed by atoms with Gasteiger partial charge in [-0.1, -0.05) is 11.6 Å². The fraction of sp³-hybridized carbons (Fsp3) is 0.312. The number of carboxylic acid groups (broad SMARTS) is 1. The van der Waals surface area contributed by atoms with Crippen LogP contribution in [0.2, 0.25) is 5.02 Å². The first-order chi connectivity index (χ1) is 10.8. The van der Waals surface area contributed by atoms with Crippen molar-refractivity contribution >= 4 is 23.5 Å². The van der Waals surface area contributed by atoms with Gasteiger partial charge in [0.25, 0.3) is 0 Å². The van der Waals surface area contributed by atoms with Crippen molar-refractivity contribution in [3.05, 3.63) is 46.2 Å². The highest BCUT2D eigenvalue weighted by Gasteiger charge is 2.19. The lowest BCUT2D eigenvalue weighted by molar-refractivity contribution is -0.143. The molecule has 1 amide bonds. The molecule has 1 N–H and O–H groups in total. The lowest BCUT2D eigenvalue weighted by Gasteiger charge is -2.14. The van der Waals surface area contributed by atoms with Gasteiger partial charge in [0, 0.05) is 23.3 Å². The molecule has 0 atom stereocenters. The van der Waals surface area contributed by atoms with Crippen LogP contribution >= 0.6 is 11.6 Å². The Balaban J connectivity index is 2.26. The first-order valence-corrected chi connectivity index (χ1v) is 7.44. The van der Waals surface area contributed by atoms with Crippen LogP contribution in [0.4, 0.5) is 0 Å². The second-order valence-electron chi connectivity index (χ2n) is 5.36. The smallest absolute Gasteiger partial charge is 0.323 e. The summed E-state index contributed by atoms with van der Waals surface area (Å²) < 4.78 is 1.76. The van der Waals surface area contributed by atoms with E-state index >= 15 is 0 Å². The van der Waals surface area contributed by atoms with Crippen molar-refractivity contribution in [3.63, 3.8) is 0 Å². The number of carbonyl (C=O) groups is 2. The van der Waals surface area contributed by atoms with Crippen LogP contribution in [0.1, 0.15) is 17.0 Å². The van der Waals surface area contributed by atoms with E-state index in [-0.39, 0.29) is 18.9 Å². The number of hydrogen-bond donors (Lipinski definition) is 1. The molecule has 0 unspecified atom stereocenters. The number of nitrogens with zero attached hydrogens (tertiary/aromatic N) is 3. The van der Waals surface area contributed by atoms with Gasteiger partial charge < -0.3 is 10.0 Å². The van der Waals surface area contributed by atoms with Crippen LogP contribution in [0.3, 0.4) is 0 Å². The van der Waals surface area contributed by atoms with Crippen molar-refractivity contribution in [1.82, 2.24) is 14.7 Å². The molecule has 2 rings (SSSR count). The Hall–Kier alpha value is -2.34. The quantitative estimate of drug-likeness (QED) is 0.909. The average Bonchev–Trinajstić information content (AvgIpc) is 2.75. The topological polar surface area (TPSA) is 75.4 Å². The molecule has 0 spiro atoms. The van der Waals surface area contributed by atoms with Gasteiger partial charge in [-0.15, -0.1) is 0 Å². The van der Waals surface area contributed by atoms with Crippen molar-refractivity contribution in [3.8, 4) is 5.69 Å². The molecule has 1 aromatic heterocycles. The minimum Gasteiger partial charge on any atom is -0.480 e. The standard InChI is InChI=1S/C16H18ClN3O3/c1-10-14(8-15(21)19(3)9-16(22)23)11(2)20(18-10)13-6-4-12(17)5-7-13/h4-7H,8-9H2,1-3H3,(H,22,23). The number of benzene rings is 1. The summed E-state index contributed by atoms with van der Waals surface area (Å²) in [6, 6.07) is 7.26. The fourth-order valence-corrected chi connectivity index (χ4v) is 2.47. The molecule has 0 radical (unpaired) electrons. The predicted octanol–water partition coefficient (Wildman–Crippen LogP) is 2.23. The highest BCUT2D eigenvalue weighted by molar-refractivity contribution is 6.30. The SMILES string of the molecule is Cc1nn(-c2ccc(Cl)cc2)c(C)c1CC(=O)N(C)CC(=O)O. The molecule has 0 saturated heterocycles. The molecule has 6 nitrogen and oxygen atoms in total. The molecule has 0 fully saturated rings. The summed E-state index contributed by atoms with van der Waals surface area (Å²) in [4.78, 5) is 24.0. The van der Waals surface area contributed by atoms with Crippen molar-refractivity contribution < 1.29 is 14.7 Å². The number of carbonyl (C=O) groups excluding carboxylic acids is 1. The maximum Gasteiger partial charge on any atom is 0.323 e. The number of aryl methyl sites for hydroxylation is 1. The molecule has 2 aromatic rings. The molecule has 122 valence electrons. The largest absolute Gasteiger partial charge is 0.480 e. The second kappa shape index (κ2) is 6.83. The zero-order valence-corrected chi connectivity index (χ0v) is 14.0. The molecular weight excluding hydrogens is 318 g/mol. The number of aromatic nitrogens is 2. The van der Waals surface area contributed by atoms with Gasteiger partial charge in [-0.25, -0.2) is 4.68 Å². The van der Waals surface area contributed by atoms with E-state index in [1.54, 1.807) is 16.8 Å². The van der Waals surface area contributed by atoms with Crippen LogP contribution in [0, 0.1) is 13.8 Å². The molecule has 1 heterocycles. The van der Waals surface area contributed by atoms with E-state index in [0.29, 0.717) is 5.02 Å². The van der Waals surface area contributed by atoms with Gasteiger partial charge in [0.2, 0.25) is 5.91 Å². The van der Waals surface area contributed by atoms with Gasteiger partial charge >= 0.3 is 5.97 Å². The molecule has 0 bridgehead atoms. The van der Waals surface area contributed by atoms with Crippen LogP contribution in [-0.2, 0) is 16.0 Å². The third-order valence-corrected chi connectivity index (χ3v) is 3.89. The minimum absolute atomic E-state index is 0.120. The van der Waals surface area contributed by atoms with Crippen LogP contribution < -0.4 is 0 Å². The highest BCUT2D eigenvalue weighted by Crippen LogP contribution is 2.20. The van der Waals surface area contributed by atoms with Crippen molar-refractivity contribution in [2.75, 3.05) is 13.6 Å². The molecule has 0 aliphatic carbocycles. The summed E-state index contributed by atoms with van der Waals surface area (Å²) >= 11 is 5.89. The Kier molecular flexibility index (Phi) is 5.05. The number of carboxylic acids is 1. The van der Waals surface area contributed by atoms with E-state index in [1.807, 2.05) is 26.0 Å². The summed E-state index contributed by atoms with van der Waals surface area (Å²) in [6.07, 6.45) is 0.120. The maximum atomic E-state index is 12.2. The third-order valence-electron chi connectivity index (χ3n) is 3.64. The van der Waals surface area contributed by atoms with Gasteiger partial charge in [-0.3, -0.25) is 9.59 Å². The minimum atomic E-state index is -1.04. The van der Waals surface area contributed by atoms with E-state index < -0.39 is 5.97 Å². The van der Waals surface area contributed by atoms with Crippen molar-refractivity contribution in [2.45, 2.75) is 20.3 Å². The molecule has 0 saturated carbocycles. The number of hydrogen-bond acceptors (Lipinski definition) is 3. The van der Waals surface area contributed by atoms with Gasteiger partial charge in [-0.2, -0.15) is 5.10 Å². The van der Waals surface area contributed by atoms with E-state index in [9.17, 15) is 9.59 Å². The van der Waals surface area contributed by atoms with Gasteiger partial charge in [0.15, 0.2) is 0 Å². The van der Waals surface area contributed by atoms with Crippen LogP contribution in [-0.4, -0.2) is 45.3 Å². The number of aliphatic carboxylic acids is 1. The summed E-state index contributed by atoms with van der Waals surface area (Å²) in [5.41, 5.74) is 3.26. The number of amides is 1. The van der Waals surface area contributed by atoms with Crippen LogP contribution in [0.5, 0.6) is 0 Å². The molecule has 7 heteroatoms. The zero-order chi connectivity index (χ0) is 17.1. The molecule has 23 heavy (non-hydrogen) atoms. The predicted molar refractivity (Wildman–Crippen MR) is 87.0 cm³/mol. The summed E-state index contributed by atoms with van der Waals surface area (Å²) in [5, 5.41) is 13.9. The number of rotatable bonds is 5. The highest BCUT2D eigenvalue weighted by atomic mass is 35.5. The van der Waals surface area contributed by atoms with E-state index in [2.05, 4.69) is 5.10 Å². The Morgan fingerprint density at radius 2 is 1.87 bits per heavy atom. The maximum absolute atomic E-state index is 12.2. The lowest BCUT2D eigenvalue weighted by Crippen LogP contribution is -2.33. The molecule has 0 aliphatic heterocycles. The first kappa shape index (κ1) is 17.0. The summed E-state index contributed by atoms with van der Waals surface area (Å²) in [6.45, 7) is 3.40. The Bertz CT molecular complexity index is 738. The van der Waals surface area contributed by atoms with Gasteiger partial charge in [0.1, 0.15) is 6.54 Å². The fourth-order valence-electron chi connectivity index (χ4n) is 2.34. The number of halogens is 1.